The molecule has 1 aromatic carbocycles. The van der Waals surface area contributed by atoms with Crippen LogP contribution >= 0.6 is 0 Å². The molecule has 3 N–H and O–H groups in total. The van der Waals surface area contributed by atoms with E-state index in [9.17, 15) is 9.59 Å². The molecule has 0 bridgehead atoms. The van der Waals surface area contributed by atoms with E-state index in [1.54, 1.807) is 12.1 Å². The average molecular weight is 303 g/mol. The molecule has 1 heterocycles. The summed E-state index contributed by atoms with van der Waals surface area (Å²) < 4.78 is 0. The summed E-state index contributed by atoms with van der Waals surface area (Å²) in [5, 5.41) is 7.00. The summed E-state index contributed by atoms with van der Waals surface area (Å²) in [6.45, 7) is 2.35. The molecule has 0 fully saturated rings. The largest absolute Gasteiger partial charge is 0.379 e. The Kier molecular flexibility index (Phi) is 4.47. The number of H-pyrrole nitrogens is 1. The number of hydrogen-bond acceptors (Lipinski definition) is 7. The van der Waals surface area contributed by atoms with Gasteiger partial charge in [-0.05, 0) is 12.1 Å². The molecular formula is C13H13N5O4. The highest BCUT2D eigenvalue weighted by atomic mass is 16.7. The van der Waals surface area contributed by atoms with Gasteiger partial charge in [-0.15, -0.1) is 0 Å². The molecule has 1 aromatic heterocycles. The Morgan fingerprint density at radius 2 is 1.77 bits per heavy atom. The number of nitrogens with one attached hydrogen (secondary N) is 1. The highest BCUT2D eigenvalue weighted by Gasteiger charge is 2.16. The van der Waals surface area contributed by atoms with E-state index < -0.39 is 11.9 Å². The summed E-state index contributed by atoms with van der Waals surface area (Å²) in [7, 11) is 0. The summed E-state index contributed by atoms with van der Waals surface area (Å²) in [5.41, 5.74) is 7.03. The number of aromatic amines is 1. The first-order valence-electron chi connectivity index (χ1n) is 6.19. The molecule has 2 aromatic rings. The Bertz CT molecular complexity index is 745. The number of carbonyl (C=O) groups is 2. The second-order valence-corrected chi connectivity index (χ2v) is 4.18. The van der Waals surface area contributed by atoms with Gasteiger partial charge in [0.25, 0.3) is 0 Å². The van der Waals surface area contributed by atoms with E-state index in [0.29, 0.717) is 5.52 Å². The fourth-order valence-corrected chi connectivity index (χ4v) is 1.54. The second kappa shape index (κ2) is 6.48. The molecule has 0 atom stereocenters. The Balaban J connectivity index is 2.43. The molecule has 0 saturated heterocycles. The van der Waals surface area contributed by atoms with Crippen molar-refractivity contribution in [3.63, 3.8) is 0 Å². The predicted octanol–water partition coefficient (Wildman–Crippen LogP) is 0.665. The number of benzene rings is 1. The van der Waals surface area contributed by atoms with E-state index >= 15 is 0 Å². The summed E-state index contributed by atoms with van der Waals surface area (Å²) in [6.07, 6.45) is 0. The second-order valence-electron chi connectivity index (χ2n) is 4.18. The van der Waals surface area contributed by atoms with E-state index in [1.165, 1.54) is 13.8 Å². The zero-order valence-corrected chi connectivity index (χ0v) is 11.9. The lowest BCUT2D eigenvalue weighted by Crippen LogP contribution is -2.27. The molecule has 0 amide bonds. The first-order chi connectivity index (χ1) is 10.5. The Labute approximate surface area is 124 Å². The van der Waals surface area contributed by atoms with Crippen molar-refractivity contribution in [1.29, 1.82) is 0 Å². The summed E-state index contributed by atoms with van der Waals surface area (Å²) in [4.78, 5) is 37.9. The molecule has 0 aliphatic heterocycles. The summed E-state index contributed by atoms with van der Waals surface area (Å²) in [6, 6.07) is 7.21. The van der Waals surface area contributed by atoms with Gasteiger partial charge in [0.2, 0.25) is 0 Å². The molecule has 0 saturated carbocycles. The number of para-hydroxylation sites is 2. The topological polar surface area (TPSA) is 132 Å². The van der Waals surface area contributed by atoms with E-state index in [0.717, 1.165) is 5.52 Å². The fraction of sp³-hybridized carbons (Fsp3) is 0.154. The standard InChI is InChI=1S/C13H13N5O4/c1-7(19)21-17-11(12(14)18-22-8(2)20)13-15-9-5-3-4-6-10(9)16-13/h3-6H,1-2H3,(H2,14,18)(H,15,16)/b17-11-. The van der Waals surface area contributed by atoms with Gasteiger partial charge < -0.3 is 20.4 Å². The number of carbonyl (C=O) groups excluding carboxylic acids is 2. The van der Waals surface area contributed by atoms with Crippen LogP contribution in [0.5, 0.6) is 0 Å². The molecule has 0 aliphatic carbocycles. The van der Waals surface area contributed by atoms with E-state index in [1.807, 2.05) is 12.1 Å². The van der Waals surface area contributed by atoms with Crippen molar-refractivity contribution in [2.45, 2.75) is 13.8 Å². The molecule has 0 aliphatic rings. The van der Waals surface area contributed by atoms with Gasteiger partial charge in [-0.25, -0.2) is 14.6 Å². The Morgan fingerprint density at radius 1 is 1.14 bits per heavy atom. The van der Waals surface area contributed by atoms with Gasteiger partial charge in [-0.2, -0.15) is 0 Å². The molecular weight excluding hydrogens is 290 g/mol. The van der Waals surface area contributed by atoms with Gasteiger partial charge in [0.05, 0.1) is 11.0 Å². The molecule has 22 heavy (non-hydrogen) atoms. The van der Waals surface area contributed by atoms with Crippen LogP contribution in [0.1, 0.15) is 19.7 Å². The first-order valence-corrected chi connectivity index (χ1v) is 6.19. The fourth-order valence-electron chi connectivity index (χ4n) is 1.54. The normalized spacial score (nSPS) is 12.3. The number of aromatic nitrogens is 2. The van der Waals surface area contributed by atoms with Gasteiger partial charge in [-0.3, -0.25) is 0 Å². The first kappa shape index (κ1) is 15.2. The van der Waals surface area contributed by atoms with Gasteiger partial charge >= 0.3 is 11.9 Å². The van der Waals surface area contributed by atoms with Crippen LogP contribution < -0.4 is 5.73 Å². The third kappa shape index (κ3) is 3.66. The minimum Gasteiger partial charge on any atom is -0.379 e. The number of nitrogens with zero attached hydrogens (tertiary/aromatic N) is 3. The molecule has 9 nitrogen and oxygen atoms in total. The van der Waals surface area contributed by atoms with Crippen molar-refractivity contribution in [1.82, 2.24) is 9.97 Å². The number of oxime groups is 2. The highest BCUT2D eigenvalue weighted by molar-refractivity contribution is 6.46. The van der Waals surface area contributed by atoms with Crippen molar-refractivity contribution >= 4 is 34.5 Å². The maximum absolute atomic E-state index is 10.9. The van der Waals surface area contributed by atoms with Crippen LogP contribution in [-0.2, 0) is 19.3 Å². The maximum Gasteiger partial charge on any atom is 0.332 e. The van der Waals surface area contributed by atoms with E-state index in [4.69, 9.17) is 5.73 Å². The van der Waals surface area contributed by atoms with Crippen LogP contribution in [0, 0.1) is 0 Å². The number of imidazole rings is 1. The third-order valence-electron chi connectivity index (χ3n) is 2.39. The smallest absolute Gasteiger partial charge is 0.332 e. The zero-order chi connectivity index (χ0) is 16.1. The molecule has 0 spiro atoms. The van der Waals surface area contributed by atoms with Crippen LogP contribution in [0.4, 0.5) is 0 Å². The number of nitrogens with two attached hydrogens (primary N) is 1. The monoisotopic (exact) mass is 303 g/mol. The van der Waals surface area contributed by atoms with Gasteiger partial charge in [0.15, 0.2) is 17.4 Å². The Hall–Kier alpha value is -3.23. The minimum atomic E-state index is -0.653. The van der Waals surface area contributed by atoms with Crippen molar-refractivity contribution in [2.24, 2.45) is 16.0 Å². The predicted molar refractivity (Wildman–Crippen MR) is 77.8 cm³/mol. The summed E-state index contributed by atoms with van der Waals surface area (Å²) >= 11 is 0. The number of hydrogen-bond donors (Lipinski definition) is 2. The lowest BCUT2D eigenvalue weighted by Gasteiger charge is -2.01. The number of fused-ring (bicyclic) bond motifs is 1. The quantitative estimate of drug-likeness (QED) is 0.369. The van der Waals surface area contributed by atoms with E-state index in [-0.39, 0.29) is 17.4 Å². The average Bonchev–Trinajstić information content (AvgIpc) is 2.88. The van der Waals surface area contributed by atoms with Crippen molar-refractivity contribution in [3.05, 3.63) is 30.1 Å². The van der Waals surface area contributed by atoms with Crippen LogP contribution in [0.2, 0.25) is 0 Å². The summed E-state index contributed by atoms with van der Waals surface area (Å²) in [5.74, 6) is -1.35. The van der Waals surface area contributed by atoms with Crippen molar-refractivity contribution in [2.75, 3.05) is 0 Å². The number of rotatable bonds is 4. The van der Waals surface area contributed by atoms with Crippen molar-refractivity contribution < 1.29 is 19.3 Å². The van der Waals surface area contributed by atoms with Crippen LogP contribution in [0.3, 0.4) is 0 Å². The lowest BCUT2D eigenvalue weighted by molar-refractivity contribution is -0.142. The van der Waals surface area contributed by atoms with Gasteiger partial charge in [0.1, 0.15) is 0 Å². The van der Waals surface area contributed by atoms with Crippen molar-refractivity contribution in [3.8, 4) is 0 Å². The molecule has 114 valence electrons. The maximum atomic E-state index is 10.9. The minimum absolute atomic E-state index is 0.0624. The molecule has 0 unspecified atom stereocenters. The van der Waals surface area contributed by atoms with Gasteiger partial charge in [-0.1, -0.05) is 22.4 Å². The highest BCUT2D eigenvalue weighted by Crippen LogP contribution is 2.11. The third-order valence-corrected chi connectivity index (χ3v) is 2.39. The van der Waals surface area contributed by atoms with Crippen LogP contribution in [0.25, 0.3) is 11.0 Å². The van der Waals surface area contributed by atoms with Gasteiger partial charge in [0, 0.05) is 13.8 Å². The van der Waals surface area contributed by atoms with E-state index in [2.05, 4.69) is 30.0 Å². The van der Waals surface area contributed by atoms with Crippen LogP contribution in [0.15, 0.2) is 34.6 Å². The number of amidine groups is 1. The SMILES string of the molecule is CC(=O)O/N=C(N)/C(=N/OC(C)=O)c1nc2ccccc2[nH]1. The molecule has 2 rings (SSSR count). The molecule has 9 heteroatoms. The zero-order valence-electron chi connectivity index (χ0n) is 11.9. The lowest BCUT2D eigenvalue weighted by atomic mass is 10.3. The van der Waals surface area contributed by atoms with Crippen LogP contribution in [-0.4, -0.2) is 33.5 Å². The Morgan fingerprint density at radius 3 is 2.41 bits per heavy atom. The molecule has 0 radical (unpaired) electrons.